The zero-order valence-electron chi connectivity index (χ0n) is 18.0. The van der Waals surface area contributed by atoms with E-state index in [0.717, 1.165) is 18.4 Å². The van der Waals surface area contributed by atoms with E-state index in [1.807, 2.05) is 39.1 Å². The number of hydrogen-bond acceptors (Lipinski definition) is 7. The van der Waals surface area contributed by atoms with Crippen molar-refractivity contribution in [1.29, 1.82) is 5.26 Å². The molecule has 1 aliphatic rings. The van der Waals surface area contributed by atoms with Gasteiger partial charge in [0.15, 0.2) is 0 Å². The van der Waals surface area contributed by atoms with E-state index in [2.05, 4.69) is 27.2 Å². The summed E-state index contributed by atoms with van der Waals surface area (Å²) in [5.41, 5.74) is 4.55. The van der Waals surface area contributed by atoms with Crippen molar-refractivity contribution in [3.63, 3.8) is 0 Å². The van der Waals surface area contributed by atoms with Crippen molar-refractivity contribution in [3.05, 3.63) is 53.1 Å². The predicted octanol–water partition coefficient (Wildman–Crippen LogP) is 3.97. The summed E-state index contributed by atoms with van der Waals surface area (Å²) in [5.74, 6) is 1.45. The van der Waals surface area contributed by atoms with Gasteiger partial charge in [-0.15, -0.1) is 0 Å². The second-order valence-corrected chi connectivity index (χ2v) is 8.04. The molecule has 160 valence electrons. The van der Waals surface area contributed by atoms with E-state index < -0.39 is 0 Å². The number of aliphatic hydroxyl groups is 1. The van der Waals surface area contributed by atoms with E-state index in [1.54, 1.807) is 12.1 Å². The fourth-order valence-corrected chi connectivity index (χ4v) is 4.17. The first-order valence-corrected chi connectivity index (χ1v) is 10.5. The Kier molecular flexibility index (Phi) is 6.03. The number of rotatable bonds is 7. The molecular formula is C24H26N4O3. The highest BCUT2D eigenvalue weighted by Gasteiger charge is 2.29. The van der Waals surface area contributed by atoms with Gasteiger partial charge in [0.05, 0.1) is 18.3 Å². The molecule has 0 aliphatic heterocycles. The van der Waals surface area contributed by atoms with Crippen molar-refractivity contribution in [3.8, 4) is 34.7 Å². The highest BCUT2D eigenvalue weighted by atomic mass is 16.5. The van der Waals surface area contributed by atoms with Gasteiger partial charge in [-0.2, -0.15) is 10.2 Å². The van der Waals surface area contributed by atoms with Crippen molar-refractivity contribution in [2.75, 3.05) is 20.2 Å². The Balaban J connectivity index is 1.65. The lowest BCUT2D eigenvalue weighted by molar-refractivity contribution is 0.180. The number of nitrogens with zero attached hydrogens (tertiary/aromatic N) is 4. The van der Waals surface area contributed by atoms with Crippen LogP contribution in [0, 0.1) is 11.3 Å². The maximum absolute atomic E-state index is 9.48. The number of aliphatic hydroxyl groups excluding tert-OH is 1. The van der Waals surface area contributed by atoms with Crippen molar-refractivity contribution in [2.45, 2.75) is 38.8 Å². The maximum Gasteiger partial charge on any atom is 0.258 e. The number of likely N-dealkylation sites (N-methyl/N-ethyl adjacent to an activating group) is 1. The van der Waals surface area contributed by atoms with Gasteiger partial charge in [-0.3, -0.25) is 4.90 Å². The summed E-state index contributed by atoms with van der Waals surface area (Å²) in [5, 5.41) is 23.0. The van der Waals surface area contributed by atoms with Crippen LogP contribution in [0.15, 0.2) is 40.9 Å². The summed E-state index contributed by atoms with van der Waals surface area (Å²) in [4.78, 5) is 6.80. The molecule has 31 heavy (non-hydrogen) atoms. The smallest absolute Gasteiger partial charge is 0.258 e. The molecule has 4 rings (SSSR count). The first-order valence-electron chi connectivity index (χ1n) is 10.5. The zero-order chi connectivity index (χ0) is 22.0. The molecule has 0 spiro atoms. The molecule has 0 unspecified atom stereocenters. The average Bonchev–Trinajstić information content (AvgIpc) is 3.41. The van der Waals surface area contributed by atoms with Gasteiger partial charge in [0.1, 0.15) is 11.8 Å². The second kappa shape index (κ2) is 8.88. The van der Waals surface area contributed by atoms with Gasteiger partial charge in [-0.1, -0.05) is 23.4 Å². The summed E-state index contributed by atoms with van der Waals surface area (Å²) < 4.78 is 11.2. The molecule has 0 amide bonds. The molecule has 1 aliphatic carbocycles. The number of fused-ring (bicyclic) bond motifs is 1. The van der Waals surface area contributed by atoms with Crippen LogP contribution in [-0.4, -0.2) is 46.5 Å². The third-order valence-corrected chi connectivity index (χ3v) is 5.60. The van der Waals surface area contributed by atoms with Gasteiger partial charge in [0.25, 0.3) is 5.89 Å². The molecule has 0 saturated heterocycles. The Morgan fingerprint density at radius 2 is 2.16 bits per heavy atom. The van der Waals surface area contributed by atoms with Crippen LogP contribution in [0.25, 0.3) is 22.8 Å². The number of hydrogen-bond donors (Lipinski definition) is 1. The Hall–Kier alpha value is -3.21. The van der Waals surface area contributed by atoms with E-state index >= 15 is 0 Å². The van der Waals surface area contributed by atoms with E-state index in [9.17, 15) is 10.4 Å². The number of nitriles is 1. The second-order valence-electron chi connectivity index (χ2n) is 8.04. The van der Waals surface area contributed by atoms with Crippen LogP contribution in [0.4, 0.5) is 0 Å². The van der Waals surface area contributed by atoms with Crippen LogP contribution in [0.1, 0.15) is 43.0 Å². The molecule has 1 aromatic heterocycles. The SMILES string of the molecule is CC(C)Oc1ccc(-c2nc(-c3cccc4c3CC[C@@H]4N(C)CCO)no2)cc1C#N. The zero-order valence-corrected chi connectivity index (χ0v) is 18.0. The maximum atomic E-state index is 9.48. The Bertz CT molecular complexity index is 1120. The normalized spacial score (nSPS) is 15.3. The quantitative estimate of drug-likeness (QED) is 0.620. The van der Waals surface area contributed by atoms with Gasteiger partial charge in [-0.05, 0) is 63.1 Å². The van der Waals surface area contributed by atoms with Gasteiger partial charge >= 0.3 is 0 Å². The molecule has 0 saturated carbocycles. The van der Waals surface area contributed by atoms with E-state index in [1.165, 1.54) is 11.1 Å². The van der Waals surface area contributed by atoms with Crippen LogP contribution in [0.2, 0.25) is 0 Å². The van der Waals surface area contributed by atoms with Crippen LogP contribution in [0.5, 0.6) is 5.75 Å². The topological polar surface area (TPSA) is 95.4 Å². The van der Waals surface area contributed by atoms with Crippen LogP contribution in [-0.2, 0) is 6.42 Å². The lowest BCUT2D eigenvalue weighted by atomic mass is 10.0. The fraction of sp³-hybridized carbons (Fsp3) is 0.375. The summed E-state index contributed by atoms with van der Waals surface area (Å²) in [6.45, 7) is 4.62. The van der Waals surface area contributed by atoms with Gasteiger partial charge in [-0.25, -0.2) is 0 Å². The molecular weight excluding hydrogens is 392 g/mol. The summed E-state index contributed by atoms with van der Waals surface area (Å²) in [7, 11) is 2.04. The highest BCUT2D eigenvalue weighted by molar-refractivity contribution is 5.67. The number of ether oxygens (including phenoxy) is 1. The van der Waals surface area contributed by atoms with Gasteiger partial charge < -0.3 is 14.4 Å². The van der Waals surface area contributed by atoms with Crippen molar-refractivity contribution in [2.24, 2.45) is 0 Å². The molecule has 3 aromatic rings. The molecule has 7 heteroatoms. The molecule has 7 nitrogen and oxygen atoms in total. The minimum Gasteiger partial charge on any atom is -0.490 e. The summed E-state index contributed by atoms with van der Waals surface area (Å²) in [6, 6.07) is 13.9. The largest absolute Gasteiger partial charge is 0.490 e. The van der Waals surface area contributed by atoms with E-state index in [4.69, 9.17) is 9.26 Å². The molecule has 2 aromatic carbocycles. The Labute approximate surface area is 181 Å². The standard InChI is InChI=1S/C24H26N4O3/c1-15(2)30-22-10-7-16(13-17(22)14-25)24-26-23(27-31-24)20-6-4-5-19-18(20)8-9-21(19)28(3)11-12-29/h4-7,10,13,15,21,29H,8-9,11-12H2,1-3H3/t21-/m0/s1. The number of aromatic nitrogens is 2. The molecule has 1 N–H and O–H groups in total. The molecule has 1 atom stereocenters. The van der Waals surface area contributed by atoms with Crippen LogP contribution in [0.3, 0.4) is 0 Å². The summed E-state index contributed by atoms with van der Waals surface area (Å²) >= 11 is 0. The minimum absolute atomic E-state index is 0.0200. The lowest BCUT2D eigenvalue weighted by Gasteiger charge is -2.24. The first kappa shape index (κ1) is 21.0. The molecule has 0 radical (unpaired) electrons. The van der Waals surface area contributed by atoms with Crippen LogP contribution >= 0.6 is 0 Å². The first-order chi connectivity index (χ1) is 15.0. The lowest BCUT2D eigenvalue weighted by Crippen LogP contribution is -2.26. The monoisotopic (exact) mass is 418 g/mol. The van der Waals surface area contributed by atoms with Gasteiger partial charge in [0.2, 0.25) is 5.82 Å². The Morgan fingerprint density at radius 3 is 2.90 bits per heavy atom. The predicted molar refractivity (Wildman–Crippen MR) is 116 cm³/mol. The minimum atomic E-state index is -0.0200. The van der Waals surface area contributed by atoms with Crippen molar-refractivity contribution >= 4 is 0 Å². The fourth-order valence-electron chi connectivity index (χ4n) is 4.17. The average molecular weight is 418 g/mol. The highest BCUT2D eigenvalue weighted by Crippen LogP contribution is 2.40. The van der Waals surface area contributed by atoms with Crippen LogP contribution < -0.4 is 4.74 Å². The molecule has 0 fully saturated rings. The van der Waals surface area contributed by atoms with Crippen molar-refractivity contribution in [1.82, 2.24) is 15.0 Å². The Morgan fingerprint density at radius 1 is 1.32 bits per heavy atom. The molecule has 1 heterocycles. The molecule has 0 bridgehead atoms. The van der Waals surface area contributed by atoms with E-state index in [0.29, 0.717) is 35.1 Å². The third-order valence-electron chi connectivity index (χ3n) is 5.60. The van der Waals surface area contributed by atoms with E-state index in [-0.39, 0.29) is 18.8 Å². The number of benzene rings is 2. The van der Waals surface area contributed by atoms with Gasteiger partial charge in [0, 0.05) is 23.7 Å². The summed E-state index contributed by atoms with van der Waals surface area (Å²) in [6.07, 6.45) is 1.90. The third kappa shape index (κ3) is 4.18. The van der Waals surface area contributed by atoms with Crippen molar-refractivity contribution < 1.29 is 14.4 Å².